The quantitative estimate of drug-likeness (QED) is 0.646. The number of aromatic nitrogens is 1. The van der Waals surface area contributed by atoms with Gasteiger partial charge >= 0.3 is 0 Å². The standard InChI is InChI=1S/C19H17NO/c1-13(2)19(21)16-10-8-14(9-11-16)17-7-3-5-15-6-4-12-20-18(15)17/h3-13H,1-2H3. The molecule has 1 heterocycles. The van der Waals surface area contributed by atoms with E-state index in [-0.39, 0.29) is 11.7 Å². The Bertz CT molecular complexity index is 783. The Morgan fingerprint density at radius 2 is 1.67 bits per heavy atom. The number of rotatable bonds is 3. The predicted molar refractivity (Wildman–Crippen MR) is 86.3 cm³/mol. The zero-order chi connectivity index (χ0) is 14.8. The smallest absolute Gasteiger partial charge is 0.165 e. The molecule has 3 rings (SSSR count). The van der Waals surface area contributed by atoms with Crippen LogP contribution in [-0.2, 0) is 0 Å². The summed E-state index contributed by atoms with van der Waals surface area (Å²) in [5.41, 5.74) is 3.93. The second kappa shape index (κ2) is 5.49. The highest BCUT2D eigenvalue weighted by atomic mass is 16.1. The molecule has 0 radical (unpaired) electrons. The topological polar surface area (TPSA) is 30.0 Å². The molecular formula is C19H17NO. The van der Waals surface area contributed by atoms with Crippen LogP contribution >= 0.6 is 0 Å². The first-order valence-corrected chi connectivity index (χ1v) is 7.15. The molecule has 2 heteroatoms. The van der Waals surface area contributed by atoms with Gasteiger partial charge < -0.3 is 0 Å². The average Bonchev–Trinajstić information content (AvgIpc) is 2.53. The number of carbonyl (C=O) groups is 1. The number of Topliss-reactive ketones (excluding diaryl/α,β-unsaturated/α-hetero) is 1. The van der Waals surface area contributed by atoms with Crippen LogP contribution in [0.1, 0.15) is 24.2 Å². The van der Waals surface area contributed by atoms with Crippen LogP contribution < -0.4 is 0 Å². The Morgan fingerprint density at radius 1 is 0.952 bits per heavy atom. The van der Waals surface area contributed by atoms with Gasteiger partial charge in [-0.05, 0) is 11.6 Å². The number of ketones is 1. The molecule has 21 heavy (non-hydrogen) atoms. The summed E-state index contributed by atoms with van der Waals surface area (Å²) in [6, 6.07) is 18.0. The number of carbonyl (C=O) groups excluding carboxylic acids is 1. The summed E-state index contributed by atoms with van der Waals surface area (Å²) in [4.78, 5) is 16.5. The fourth-order valence-corrected chi connectivity index (χ4v) is 2.48. The number of benzene rings is 2. The van der Waals surface area contributed by atoms with Crippen molar-refractivity contribution in [3.8, 4) is 11.1 Å². The van der Waals surface area contributed by atoms with Gasteiger partial charge in [-0.25, -0.2) is 0 Å². The summed E-state index contributed by atoms with van der Waals surface area (Å²) in [5, 5.41) is 1.12. The van der Waals surface area contributed by atoms with Crippen LogP contribution in [0, 0.1) is 5.92 Å². The molecule has 0 bridgehead atoms. The normalized spacial score (nSPS) is 11.0. The summed E-state index contributed by atoms with van der Waals surface area (Å²) in [5.74, 6) is 0.202. The number of hydrogen-bond donors (Lipinski definition) is 0. The molecule has 0 aliphatic rings. The van der Waals surface area contributed by atoms with Crippen molar-refractivity contribution in [2.24, 2.45) is 5.92 Å². The van der Waals surface area contributed by atoms with E-state index in [0.29, 0.717) is 0 Å². The number of nitrogens with zero attached hydrogens (tertiary/aromatic N) is 1. The SMILES string of the molecule is CC(C)C(=O)c1ccc(-c2cccc3cccnc23)cc1. The molecule has 0 aliphatic heterocycles. The van der Waals surface area contributed by atoms with E-state index in [4.69, 9.17) is 0 Å². The summed E-state index contributed by atoms with van der Waals surface area (Å²) < 4.78 is 0. The first-order valence-electron chi connectivity index (χ1n) is 7.15. The summed E-state index contributed by atoms with van der Waals surface area (Å²) in [6.45, 7) is 3.84. The van der Waals surface area contributed by atoms with E-state index in [1.165, 1.54) is 0 Å². The van der Waals surface area contributed by atoms with Crippen LogP contribution in [0.25, 0.3) is 22.0 Å². The van der Waals surface area contributed by atoms with Crippen molar-refractivity contribution in [1.29, 1.82) is 0 Å². The number of pyridine rings is 1. The predicted octanol–water partition coefficient (Wildman–Crippen LogP) is 4.74. The van der Waals surface area contributed by atoms with Gasteiger partial charge in [0.2, 0.25) is 0 Å². The van der Waals surface area contributed by atoms with Gasteiger partial charge in [-0.1, -0.05) is 62.4 Å². The molecule has 0 fully saturated rings. The Morgan fingerprint density at radius 3 is 2.38 bits per heavy atom. The van der Waals surface area contributed by atoms with E-state index < -0.39 is 0 Å². The van der Waals surface area contributed by atoms with Crippen molar-refractivity contribution >= 4 is 16.7 Å². The second-order valence-corrected chi connectivity index (χ2v) is 5.48. The molecular weight excluding hydrogens is 258 g/mol. The van der Waals surface area contributed by atoms with Crippen molar-refractivity contribution in [3.63, 3.8) is 0 Å². The Balaban J connectivity index is 2.06. The Kier molecular flexibility index (Phi) is 3.53. The fraction of sp³-hybridized carbons (Fsp3) is 0.158. The summed E-state index contributed by atoms with van der Waals surface area (Å²) >= 11 is 0. The molecule has 0 spiro atoms. The van der Waals surface area contributed by atoms with Crippen LogP contribution in [0.5, 0.6) is 0 Å². The number of fused-ring (bicyclic) bond motifs is 1. The third kappa shape index (κ3) is 2.57. The second-order valence-electron chi connectivity index (χ2n) is 5.48. The van der Waals surface area contributed by atoms with Crippen molar-refractivity contribution in [2.45, 2.75) is 13.8 Å². The summed E-state index contributed by atoms with van der Waals surface area (Å²) in [7, 11) is 0. The first kappa shape index (κ1) is 13.5. The van der Waals surface area contributed by atoms with Crippen LogP contribution in [0.15, 0.2) is 60.8 Å². The maximum Gasteiger partial charge on any atom is 0.165 e. The highest BCUT2D eigenvalue weighted by molar-refractivity contribution is 5.98. The van der Waals surface area contributed by atoms with Gasteiger partial charge in [0.1, 0.15) is 0 Å². The minimum absolute atomic E-state index is 0.0232. The van der Waals surface area contributed by atoms with Crippen LogP contribution in [-0.4, -0.2) is 10.8 Å². The summed E-state index contributed by atoms with van der Waals surface area (Å²) in [6.07, 6.45) is 1.81. The third-order valence-corrected chi connectivity index (χ3v) is 3.64. The van der Waals surface area contributed by atoms with Gasteiger partial charge in [0, 0.05) is 28.6 Å². The van der Waals surface area contributed by atoms with Crippen molar-refractivity contribution in [1.82, 2.24) is 4.98 Å². The lowest BCUT2D eigenvalue weighted by Gasteiger charge is -2.08. The van der Waals surface area contributed by atoms with Crippen LogP contribution in [0.2, 0.25) is 0 Å². The molecule has 0 atom stereocenters. The minimum Gasteiger partial charge on any atom is -0.294 e. The first-order chi connectivity index (χ1) is 10.2. The van der Waals surface area contributed by atoms with Gasteiger partial charge in [-0.2, -0.15) is 0 Å². The number of hydrogen-bond acceptors (Lipinski definition) is 2. The molecule has 2 aromatic carbocycles. The van der Waals surface area contributed by atoms with E-state index in [2.05, 4.69) is 23.2 Å². The van der Waals surface area contributed by atoms with E-state index >= 15 is 0 Å². The number of para-hydroxylation sites is 1. The largest absolute Gasteiger partial charge is 0.294 e. The van der Waals surface area contributed by atoms with E-state index in [1.807, 2.05) is 56.4 Å². The van der Waals surface area contributed by atoms with Gasteiger partial charge in [0.05, 0.1) is 5.52 Å². The lowest BCUT2D eigenvalue weighted by molar-refractivity contribution is 0.0939. The molecule has 2 nitrogen and oxygen atoms in total. The third-order valence-electron chi connectivity index (χ3n) is 3.64. The maximum atomic E-state index is 12.0. The lowest BCUT2D eigenvalue weighted by Crippen LogP contribution is -2.06. The van der Waals surface area contributed by atoms with Gasteiger partial charge in [0.15, 0.2) is 5.78 Å². The van der Waals surface area contributed by atoms with E-state index in [0.717, 1.165) is 27.6 Å². The van der Waals surface area contributed by atoms with Crippen molar-refractivity contribution in [3.05, 3.63) is 66.4 Å². The van der Waals surface area contributed by atoms with Crippen LogP contribution in [0.3, 0.4) is 0 Å². The highest BCUT2D eigenvalue weighted by Crippen LogP contribution is 2.27. The average molecular weight is 275 g/mol. The molecule has 3 aromatic rings. The van der Waals surface area contributed by atoms with Crippen LogP contribution in [0.4, 0.5) is 0 Å². The van der Waals surface area contributed by atoms with E-state index in [1.54, 1.807) is 0 Å². The lowest BCUT2D eigenvalue weighted by atomic mass is 9.97. The van der Waals surface area contributed by atoms with Crippen molar-refractivity contribution < 1.29 is 4.79 Å². The van der Waals surface area contributed by atoms with E-state index in [9.17, 15) is 4.79 Å². The Hall–Kier alpha value is -2.48. The molecule has 0 N–H and O–H groups in total. The molecule has 1 aromatic heterocycles. The highest BCUT2D eigenvalue weighted by Gasteiger charge is 2.11. The monoisotopic (exact) mass is 275 g/mol. The zero-order valence-corrected chi connectivity index (χ0v) is 12.2. The van der Waals surface area contributed by atoms with Crippen molar-refractivity contribution in [2.75, 3.05) is 0 Å². The molecule has 0 saturated heterocycles. The van der Waals surface area contributed by atoms with Gasteiger partial charge in [-0.15, -0.1) is 0 Å². The minimum atomic E-state index is 0.0232. The molecule has 0 saturated carbocycles. The Labute approximate surface area is 124 Å². The molecule has 104 valence electrons. The van der Waals surface area contributed by atoms with Gasteiger partial charge in [0.25, 0.3) is 0 Å². The maximum absolute atomic E-state index is 12.0. The molecule has 0 amide bonds. The molecule has 0 aliphatic carbocycles. The zero-order valence-electron chi connectivity index (χ0n) is 12.2. The van der Waals surface area contributed by atoms with Gasteiger partial charge in [-0.3, -0.25) is 9.78 Å². The fourth-order valence-electron chi connectivity index (χ4n) is 2.48. The molecule has 0 unspecified atom stereocenters.